The van der Waals surface area contributed by atoms with Crippen LogP contribution in [0.5, 0.6) is 0 Å². The number of rotatable bonds is 0. The summed E-state index contributed by atoms with van der Waals surface area (Å²) < 4.78 is 0. The molecule has 5 heavy (non-hydrogen) atoms. The fourth-order valence-electron chi connectivity index (χ4n) is 0. The minimum Gasteiger partial charge on any atom is 0 e. The Morgan fingerprint density at radius 1 is 1.60 bits per heavy atom. The molecule has 0 saturated heterocycles. The van der Waals surface area contributed by atoms with Crippen molar-refractivity contribution in [1.82, 2.24) is 0 Å². The van der Waals surface area contributed by atoms with Gasteiger partial charge in [-0.3, -0.25) is 4.79 Å². The maximum absolute atomic E-state index is 8.36. The molecule has 2 nitrogen and oxygen atoms in total. The van der Waals surface area contributed by atoms with E-state index < -0.39 is 0 Å². The molecule has 0 bridgehead atoms. The van der Waals surface area contributed by atoms with E-state index >= 15 is 0 Å². The Hall–Kier alpha value is 0.964. The Bertz CT molecular complexity index is 17.1. The van der Waals surface area contributed by atoms with Crippen molar-refractivity contribution in [2.24, 2.45) is 0 Å². The largest absolute Gasteiger partial charge is 0 e. The molecule has 0 aliphatic heterocycles. The van der Waals surface area contributed by atoms with Crippen LogP contribution in [0.25, 0.3) is 0 Å². The van der Waals surface area contributed by atoms with E-state index in [-0.39, 0.29) is 51.8 Å². The predicted molar refractivity (Wildman–Crippen MR) is 18.6 cm³/mol. The van der Waals surface area contributed by atoms with Gasteiger partial charge in [-0.1, -0.05) is 0 Å². The molecular weight excluding hydrogens is 224 g/mol. The normalized spacial score (nSPS) is 2.40. The van der Waals surface area contributed by atoms with E-state index in [1.54, 1.807) is 0 Å². The van der Waals surface area contributed by atoms with E-state index in [2.05, 4.69) is 0 Å². The minimum atomic E-state index is -0.250. The van der Waals surface area contributed by atoms with Crippen LogP contribution in [-0.2, 0) is 24.3 Å². The van der Waals surface area contributed by atoms with Crippen molar-refractivity contribution >= 4 is 32.3 Å². The van der Waals surface area contributed by atoms with Crippen molar-refractivity contribution < 1.29 is 29.4 Å². The molecule has 0 aromatic heterocycles. The van der Waals surface area contributed by atoms with Crippen molar-refractivity contribution in [1.29, 1.82) is 0 Å². The van der Waals surface area contributed by atoms with Gasteiger partial charge in [-0.15, -0.1) is 0 Å². The van der Waals surface area contributed by atoms with Crippen LogP contribution in [-0.4, -0.2) is 37.4 Å². The van der Waals surface area contributed by atoms with E-state index in [4.69, 9.17) is 9.90 Å². The first kappa shape index (κ1) is 16.7. The molecule has 0 spiro atoms. The fraction of sp³-hybridized carbons (Fsp3) is 0. The zero-order valence-electron chi connectivity index (χ0n) is 2.14. The van der Waals surface area contributed by atoms with Gasteiger partial charge in [-0.05, 0) is 0 Å². The molecule has 0 fully saturated rings. The molecule has 26 valence electrons. The van der Waals surface area contributed by atoms with Crippen molar-refractivity contribution in [3.05, 3.63) is 0 Å². The first-order valence-electron chi connectivity index (χ1n) is 0.494. The molecule has 0 saturated carbocycles. The van der Waals surface area contributed by atoms with Crippen molar-refractivity contribution in [2.45, 2.75) is 0 Å². The van der Waals surface area contributed by atoms with E-state index in [9.17, 15) is 0 Å². The third kappa shape index (κ3) is 47.0. The molecule has 0 rings (SSSR count). The van der Waals surface area contributed by atoms with Gasteiger partial charge in [0.05, 0.1) is 0 Å². The summed E-state index contributed by atoms with van der Waals surface area (Å²) in [6.45, 7) is -0.250. The average molecular weight is 229 g/mol. The summed E-state index contributed by atoms with van der Waals surface area (Å²) in [4.78, 5) is 8.36. The maximum atomic E-state index is 8.36. The smallest absolute Gasteiger partial charge is 0 e. The summed E-state index contributed by atoms with van der Waals surface area (Å²) in [5.41, 5.74) is 0. The van der Waals surface area contributed by atoms with Gasteiger partial charge in [-0.2, -0.15) is 0 Å². The predicted octanol–water partition coefficient (Wildman–Crippen LogP) is -1.49. The third-order valence-electron chi connectivity index (χ3n) is 0. The molecule has 0 aromatic rings. The van der Waals surface area contributed by atoms with E-state index in [0.29, 0.717) is 0 Å². The molecule has 0 amide bonds. The van der Waals surface area contributed by atoms with Gasteiger partial charge in [0.15, 0.2) is 0 Å². The Kier molecular flexibility index (Phi) is 67.7. The third-order valence-corrected chi connectivity index (χ3v) is 0. The molecule has 0 aromatic carbocycles. The quantitative estimate of drug-likeness (QED) is 0.406. The molecule has 1 N–H and O–H groups in total. The SMILES string of the molecule is O=CO.[InH3].[Zn]. The van der Waals surface area contributed by atoms with Gasteiger partial charge >= 0.3 is 25.8 Å². The van der Waals surface area contributed by atoms with Crippen LogP contribution in [0.1, 0.15) is 0 Å². The molecule has 4 heteroatoms. The summed E-state index contributed by atoms with van der Waals surface area (Å²) >= 11 is 0. The Balaban J connectivity index is -0.0000000200. The second kappa shape index (κ2) is 20.2. The topological polar surface area (TPSA) is 37.3 Å². The molecule has 0 aliphatic carbocycles. The molecule has 0 radical (unpaired) electrons. The standard InChI is InChI=1S/CH2O2.In.Zn.3H/c2-1-3;;;;;/h1H,(H,2,3);;;;;. The zero-order chi connectivity index (χ0) is 2.71. The number of hydrogen-bond donors (Lipinski definition) is 1. The number of carboxylic acid groups (broad SMARTS) is 1. The minimum absolute atomic E-state index is 0. The average Bonchev–Trinajstić information content (AvgIpc) is 0.918. The van der Waals surface area contributed by atoms with Gasteiger partial charge in [0.2, 0.25) is 0 Å². The van der Waals surface area contributed by atoms with Gasteiger partial charge in [0.1, 0.15) is 0 Å². The van der Waals surface area contributed by atoms with Crippen molar-refractivity contribution in [3.63, 3.8) is 0 Å². The van der Waals surface area contributed by atoms with Crippen molar-refractivity contribution in [3.8, 4) is 0 Å². The second-order valence-electron chi connectivity index (χ2n) is 0.105. The summed E-state index contributed by atoms with van der Waals surface area (Å²) in [7, 11) is 0. The summed E-state index contributed by atoms with van der Waals surface area (Å²) in [6, 6.07) is 0. The Morgan fingerprint density at radius 2 is 1.60 bits per heavy atom. The van der Waals surface area contributed by atoms with Crippen LogP contribution < -0.4 is 0 Å². The Morgan fingerprint density at radius 3 is 1.60 bits per heavy atom. The second-order valence-corrected chi connectivity index (χ2v) is 0.105. The van der Waals surface area contributed by atoms with E-state index in [1.807, 2.05) is 0 Å². The van der Waals surface area contributed by atoms with E-state index in [0.717, 1.165) is 0 Å². The van der Waals surface area contributed by atoms with Crippen LogP contribution in [0.3, 0.4) is 0 Å². The van der Waals surface area contributed by atoms with Gasteiger partial charge in [0, 0.05) is 19.5 Å². The molecule has 0 unspecified atom stereocenters. The summed E-state index contributed by atoms with van der Waals surface area (Å²) in [5.74, 6) is 0. The summed E-state index contributed by atoms with van der Waals surface area (Å²) in [6.07, 6.45) is 0. The van der Waals surface area contributed by atoms with Crippen LogP contribution in [0.15, 0.2) is 0 Å². The Labute approximate surface area is 61.5 Å². The molecule has 0 atom stereocenters. The molecular formula is CH5InO2Zn. The fourth-order valence-corrected chi connectivity index (χ4v) is 0. The zero-order valence-corrected chi connectivity index (χ0v) is 5.11. The maximum Gasteiger partial charge on any atom is 0 e. The van der Waals surface area contributed by atoms with Gasteiger partial charge in [-0.25, -0.2) is 0 Å². The van der Waals surface area contributed by atoms with Crippen LogP contribution >= 0.6 is 0 Å². The number of hydrogen-bond acceptors (Lipinski definition) is 1. The summed E-state index contributed by atoms with van der Waals surface area (Å²) in [5, 5.41) is 6.89. The molecule has 0 aliphatic rings. The first-order valence-corrected chi connectivity index (χ1v) is 0.494. The monoisotopic (exact) mass is 228 g/mol. The first-order chi connectivity index (χ1) is 1.41. The molecule has 0 heterocycles. The van der Waals surface area contributed by atoms with Gasteiger partial charge < -0.3 is 5.11 Å². The van der Waals surface area contributed by atoms with Crippen LogP contribution in [0, 0.1) is 0 Å². The van der Waals surface area contributed by atoms with Crippen molar-refractivity contribution in [2.75, 3.05) is 0 Å². The van der Waals surface area contributed by atoms with Crippen LogP contribution in [0.4, 0.5) is 0 Å². The van der Waals surface area contributed by atoms with E-state index in [1.165, 1.54) is 0 Å². The number of carbonyl (C=O) groups is 1. The van der Waals surface area contributed by atoms with Crippen LogP contribution in [0.2, 0.25) is 0 Å². The van der Waals surface area contributed by atoms with Gasteiger partial charge in [0.25, 0.3) is 6.47 Å².